The maximum atomic E-state index is 5.92. The second-order valence-corrected chi connectivity index (χ2v) is 4.81. The molecule has 0 aliphatic carbocycles. The standard InChI is InChI=1S/C13H22N4/c1-2-12(14)8-11-9-15-13(16-10-11)17-6-4-3-5-7-17/h9-10,12H,2-8,14H2,1H3. The van der Waals surface area contributed by atoms with Crippen molar-refractivity contribution in [2.45, 2.75) is 45.1 Å². The van der Waals surface area contributed by atoms with E-state index in [0.29, 0.717) is 0 Å². The van der Waals surface area contributed by atoms with E-state index in [0.717, 1.165) is 37.4 Å². The third-order valence-electron chi connectivity index (χ3n) is 3.35. The molecule has 0 amide bonds. The van der Waals surface area contributed by atoms with Crippen molar-refractivity contribution in [3.05, 3.63) is 18.0 Å². The average Bonchev–Trinajstić information content (AvgIpc) is 2.40. The van der Waals surface area contributed by atoms with Gasteiger partial charge >= 0.3 is 0 Å². The van der Waals surface area contributed by atoms with E-state index >= 15 is 0 Å². The minimum Gasteiger partial charge on any atom is -0.341 e. The molecule has 1 aliphatic rings. The Morgan fingerprint density at radius 3 is 2.47 bits per heavy atom. The minimum absolute atomic E-state index is 0.222. The molecule has 2 heterocycles. The van der Waals surface area contributed by atoms with Gasteiger partial charge in [-0.2, -0.15) is 0 Å². The summed E-state index contributed by atoms with van der Waals surface area (Å²) in [5.74, 6) is 0.874. The highest BCUT2D eigenvalue weighted by Crippen LogP contribution is 2.15. The van der Waals surface area contributed by atoms with Crippen molar-refractivity contribution in [1.29, 1.82) is 0 Å². The summed E-state index contributed by atoms with van der Waals surface area (Å²) in [6.07, 6.45) is 9.56. The van der Waals surface area contributed by atoms with Gasteiger partial charge in [0.2, 0.25) is 5.95 Å². The Kier molecular flexibility index (Phi) is 4.31. The number of rotatable bonds is 4. The molecule has 1 saturated heterocycles. The summed E-state index contributed by atoms with van der Waals surface area (Å²) in [7, 11) is 0. The number of nitrogens with zero attached hydrogens (tertiary/aromatic N) is 3. The lowest BCUT2D eigenvalue weighted by atomic mass is 10.1. The molecular weight excluding hydrogens is 212 g/mol. The SMILES string of the molecule is CCC(N)Cc1cnc(N2CCCCC2)nc1. The molecule has 2 rings (SSSR count). The van der Waals surface area contributed by atoms with Crippen LogP contribution in [0, 0.1) is 0 Å². The van der Waals surface area contributed by atoms with E-state index in [1.165, 1.54) is 19.3 Å². The van der Waals surface area contributed by atoms with E-state index in [1.54, 1.807) is 0 Å². The van der Waals surface area contributed by atoms with E-state index in [2.05, 4.69) is 21.8 Å². The fourth-order valence-corrected chi connectivity index (χ4v) is 2.16. The van der Waals surface area contributed by atoms with Crippen LogP contribution in [0.4, 0.5) is 5.95 Å². The molecule has 0 bridgehead atoms. The second kappa shape index (κ2) is 5.96. The van der Waals surface area contributed by atoms with Crippen LogP contribution in [0.5, 0.6) is 0 Å². The zero-order chi connectivity index (χ0) is 12.1. The van der Waals surface area contributed by atoms with Crippen molar-refractivity contribution in [2.24, 2.45) is 5.73 Å². The van der Waals surface area contributed by atoms with Crippen molar-refractivity contribution >= 4 is 5.95 Å². The van der Waals surface area contributed by atoms with Crippen LogP contribution in [-0.2, 0) is 6.42 Å². The van der Waals surface area contributed by atoms with Gasteiger partial charge in [-0.3, -0.25) is 0 Å². The zero-order valence-corrected chi connectivity index (χ0v) is 10.6. The second-order valence-electron chi connectivity index (χ2n) is 4.81. The molecule has 4 nitrogen and oxygen atoms in total. The van der Waals surface area contributed by atoms with Crippen LogP contribution < -0.4 is 10.6 Å². The normalized spacial score (nSPS) is 18.1. The Balaban J connectivity index is 1.97. The topological polar surface area (TPSA) is 55.0 Å². The van der Waals surface area contributed by atoms with E-state index in [1.807, 2.05) is 12.4 Å². The van der Waals surface area contributed by atoms with Crippen LogP contribution in [0.25, 0.3) is 0 Å². The molecule has 0 saturated carbocycles. The lowest BCUT2D eigenvalue weighted by Gasteiger charge is -2.26. The fourth-order valence-electron chi connectivity index (χ4n) is 2.16. The Morgan fingerprint density at radius 2 is 1.88 bits per heavy atom. The molecule has 94 valence electrons. The fraction of sp³-hybridized carbons (Fsp3) is 0.692. The lowest BCUT2D eigenvalue weighted by molar-refractivity contribution is 0.567. The lowest BCUT2D eigenvalue weighted by Crippen LogP contribution is -2.31. The largest absolute Gasteiger partial charge is 0.341 e. The highest BCUT2D eigenvalue weighted by Gasteiger charge is 2.13. The molecular formula is C13H22N4. The Hall–Kier alpha value is -1.16. The van der Waals surface area contributed by atoms with Crippen molar-refractivity contribution in [1.82, 2.24) is 9.97 Å². The van der Waals surface area contributed by atoms with Gasteiger partial charge in [0.05, 0.1) is 0 Å². The summed E-state index contributed by atoms with van der Waals surface area (Å²) in [5, 5.41) is 0. The maximum absolute atomic E-state index is 5.92. The molecule has 4 heteroatoms. The first-order valence-electron chi connectivity index (χ1n) is 6.61. The first-order valence-corrected chi connectivity index (χ1v) is 6.61. The summed E-state index contributed by atoms with van der Waals surface area (Å²) in [5.41, 5.74) is 7.06. The number of hydrogen-bond donors (Lipinski definition) is 1. The smallest absolute Gasteiger partial charge is 0.225 e. The monoisotopic (exact) mass is 234 g/mol. The molecule has 1 aliphatic heterocycles. The molecule has 1 aromatic rings. The van der Waals surface area contributed by atoms with E-state index in [4.69, 9.17) is 5.73 Å². The molecule has 1 fully saturated rings. The van der Waals surface area contributed by atoms with Crippen molar-refractivity contribution in [3.8, 4) is 0 Å². The van der Waals surface area contributed by atoms with Crippen molar-refractivity contribution < 1.29 is 0 Å². The molecule has 1 aromatic heterocycles. The zero-order valence-electron chi connectivity index (χ0n) is 10.6. The van der Waals surface area contributed by atoms with Crippen molar-refractivity contribution in [3.63, 3.8) is 0 Å². The van der Waals surface area contributed by atoms with Gasteiger partial charge in [0.15, 0.2) is 0 Å². The molecule has 0 radical (unpaired) electrons. The van der Waals surface area contributed by atoms with Gasteiger partial charge in [0, 0.05) is 31.5 Å². The van der Waals surface area contributed by atoms with Gasteiger partial charge < -0.3 is 10.6 Å². The summed E-state index contributed by atoms with van der Waals surface area (Å²) in [6, 6.07) is 0.222. The first kappa shape index (κ1) is 12.3. The summed E-state index contributed by atoms with van der Waals surface area (Å²) >= 11 is 0. The Bertz CT molecular complexity index is 330. The maximum Gasteiger partial charge on any atom is 0.225 e. The third kappa shape index (κ3) is 3.40. The summed E-state index contributed by atoms with van der Waals surface area (Å²) in [6.45, 7) is 4.29. The van der Waals surface area contributed by atoms with Crippen molar-refractivity contribution in [2.75, 3.05) is 18.0 Å². The predicted octanol–water partition coefficient (Wildman–Crippen LogP) is 1.75. The molecule has 1 atom stereocenters. The van der Waals surface area contributed by atoms with Crippen LogP contribution in [0.3, 0.4) is 0 Å². The molecule has 0 spiro atoms. The number of aromatic nitrogens is 2. The van der Waals surface area contributed by atoms with Gasteiger partial charge in [-0.05, 0) is 37.7 Å². The molecule has 1 unspecified atom stereocenters. The van der Waals surface area contributed by atoms with Gasteiger partial charge in [-0.1, -0.05) is 6.92 Å². The van der Waals surface area contributed by atoms with Crippen LogP contribution in [0.15, 0.2) is 12.4 Å². The third-order valence-corrected chi connectivity index (χ3v) is 3.35. The van der Waals surface area contributed by atoms with E-state index < -0.39 is 0 Å². The number of piperidine rings is 1. The van der Waals surface area contributed by atoms with E-state index in [-0.39, 0.29) is 6.04 Å². The van der Waals surface area contributed by atoms with Gasteiger partial charge in [-0.25, -0.2) is 9.97 Å². The number of nitrogens with two attached hydrogens (primary N) is 1. The highest BCUT2D eigenvalue weighted by atomic mass is 15.2. The predicted molar refractivity (Wildman–Crippen MR) is 70.1 cm³/mol. The van der Waals surface area contributed by atoms with Crippen LogP contribution >= 0.6 is 0 Å². The molecule has 0 aromatic carbocycles. The minimum atomic E-state index is 0.222. The Labute approximate surface area is 103 Å². The van der Waals surface area contributed by atoms with Crippen LogP contribution in [-0.4, -0.2) is 29.1 Å². The average molecular weight is 234 g/mol. The molecule has 17 heavy (non-hydrogen) atoms. The van der Waals surface area contributed by atoms with Gasteiger partial charge in [0.25, 0.3) is 0 Å². The van der Waals surface area contributed by atoms with E-state index in [9.17, 15) is 0 Å². The first-order chi connectivity index (χ1) is 8.29. The van der Waals surface area contributed by atoms with Gasteiger partial charge in [0.1, 0.15) is 0 Å². The number of hydrogen-bond acceptors (Lipinski definition) is 4. The summed E-state index contributed by atoms with van der Waals surface area (Å²) in [4.78, 5) is 11.2. The quantitative estimate of drug-likeness (QED) is 0.862. The molecule has 2 N–H and O–H groups in total. The van der Waals surface area contributed by atoms with Crippen LogP contribution in [0.2, 0.25) is 0 Å². The van der Waals surface area contributed by atoms with Gasteiger partial charge in [-0.15, -0.1) is 0 Å². The summed E-state index contributed by atoms with van der Waals surface area (Å²) < 4.78 is 0. The highest BCUT2D eigenvalue weighted by molar-refractivity contribution is 5.30. The Morgan fingerprint density at radius 1 is 1.24 bits per heavy atom. The number of anilines is 1. The van der Waals surface area contributed by atoms with Crippen LogP contribution in [0.1, 0.15) is 38.2 Å².